The first-order chi connectivity index (χ1) is 11.6. The summed E-state index contributed by atoms with van der Waals surface area (Å²) in [5.41, 5.74) is 1.06. The second-order valence-corrected chi connectivity index (χ2v) is 7.39. The molecule has 0 aliphatic carbocycles. The van der Waals surface area contributed by atoms with E-state index < -0.39 is 0 Å². The summed E-state index contributed by atoms with van der Waals surface area (Å²) in [7, 11) is 0. The molecule has 1 saturated heterocycles. The molecule has 128 valence electrons. The second-order valence-electron chi connectivity index (χ2n) is 5.86. The Kier molecular flexibility index (Phi) is 5.84. The quantitative estimate of drug-likeness (QED) is 0.884. The van der Waals surface area contributed by atoms with Gasteiger partial charge in [0.1, 0.15) is 0 Å². The first-order valence-corrected chi connectivity index (χ1v) is 9.11. The lowest BCUT2D eigenvalue weighted by molar-refractivity contribution is -0.119. The van der Waals surface area contributed by atoms with Crippen molar-refractivity contribution >= 4 is 34.0 Å². The number of anilines is 1. The molecule has 7 heteroatoms. The minimum atomic E-state index is -0.0391. The topological polar surface area (TPSA) is 54.5 Å². The zero-order valence-corrected chi connectivity index (χ0v) is 15.1. The highest BCUT2D eigenvalue weighted by Gasteiger charge is 2.19. The number of nitrogens with one attached hydrogen (secondary N) is 1. The Morgan fingerprint density at radius 1 is 1.50 bits per heavy atom. The lowest BCUT2D eigenvalue weighted by Crippen LogP contribution is -2.44. The maximum atomic E-state index is 12.2. The standard InChI is InChI=1S/C17H20ClN3O2S/c1-12-10-21(6-7-23-12)11-16(22)20-17-19-9-14(24-17)8-13-4-2-3-5-15(13)18/h2-5,9,12H,6-8,10-11H2,1H3,(H,19,20,22). The molecule has 1 atom stereocenters. The Balaban J connectivity index is 1.54. The number of hydrogen-bond donors (Lipinski definition) is 1. The van der Waals surface area contributed by atoms with Gasteiger partial charge in [0.2, 0.25) is 5.91 Å². The number of halogens is 1. The Labute approximate surface area is 150 Å². The lowest BCUT2D eigenvalue weighted by Gasteiger charge is -2.30. The van der Waals surface area contributed by atoms with Gasteiger partial charge in [-0.2, -0.15) is 0 Å². The highest BCUT2D eigenvalue weighted by molar-refractivity contribution is 7.15. The monoisotopic (exact) mass is 365 g/mol. The molecule has 2 aromatic rings. The van der Waals surface area contributed by atoms with E-state index in [2.05, 4.69) is 15.2 Å². The molecule has 1 fully saturated rings. The van der Waals surface area contributed by atoms with Crippen LogP contribution in [0.15, 0.2) is 30.5 Å². The molecular formula is C17H20ClN3O2S. The number of morpholine rings is 1. The number of hydrogen-bond acceptors (Lipinski definition) is 5. The van der Waals surface area contributed by atoms with Crippen LogP contribution in [-0.4, -0.2) is 48.1 Å². The van der Waals surface area contributed by atoms with Gasteiger partial charge >= 0.3 is 0 Å². The van der Waals surface area contributed by atoms with E-state index in [1.165, 1.54) is 11.3 Å². The highest BCUT2D eigenvalue weighted by atomic mass is 35.5. The Morgan fingerprint density at radius 2 is 2.33 bits per heavy atom. The van der Waals surface area contributed by atoms with Crippen molar-refractivity contribution in [2.45, 2.75) is 19.4 Å². The van der Waals surface area contributed by atoms with Gasteiger partial charge in [-0.25, -0.2) is 4.98 Å². The van der Waals surface area contributed by atoms with E-state index in [1.54, 1.807) is 6.20 Å². The van der Waals surface area contributed by atoms with Crippen molar-refractivity contribution in [1.29, 1.82) is 0 Å². The van der Waals surface area contributed by atoms with Crippen molar-refractivity contribution in [2.24, 2.45) is 0 Å². The fraction of sp³-hybridized carbons (Fsp3) is 0.412. The summed E-state index contributed by atoms with van der Waals surface area (Å²) >= 11 is 7.67. The van der Waals surface area contributed by atoms with Crippen molar-refractivity contribution in [3.8, 4) is 0 Å². The molecule has 1 aliphatic rings. The van der Waals surface area contributed by atoms with Gasteiger partial charge in [0.25, 0.3) is 0 Å². The third-order valence-electron chi connectivity index (χ3n) is 3.81. The highest BCUT2D eigenvalue weighted by Crippen LogP contribution is 2.24. The van der Waals surface area contributed by atoms with Crippen LogP contribution in [0.1, 0.15) is 17.4 Å². The summed E-state index contributed by atoms with van der Waals surface area (Å²) in [5.74, 6) is -0.0391. The molecular weight excluding hydrogens is 346 g/mol. The fourth-order valence-electron chi connectivity index (χ4n) is 2.67. The molecule has 5 nitrogen and oxygen atoms in total. The fourth-order valence-corrected chi connectivity index (χ4v) is 3.73. The van der Waals surface area contributed by atoms with E-state index in [0.717, 1.165) is 28.6 Å². The maximum absolute atomic E-state index is 12.2. The summed E-state index contributed by atoms with van der Waals surface area (Å²) in [6.45, 7) is 4.63. The van der Waals surface area contributed by atoms with E-state index in [4.69, 9.17) is 16.3 Å². The summed E-state index contributed by atoms with van der Waals surface area (Å²) in [5, 5.41) is 4.25. The number of nitrogens with zero attached hydrogens (tertiary/aromatic N) is 2. The summed E-state index contributed by atoms with van der Waals surface area (Å²) in [6, 6.07) is 7.76. The van der Waals surface area contributed by atoms with Crippen LogP contribution in [0.3, 0.4) is 0 Å². The number of benzene rings is 1. The number of thiazole rings is 1. The van der Waals surface area contributed by atoms with Crippen LogP contribution in [0.25, 0.3) is 0 Å². The van der Waals surface area contributed by atoms with Crippen molar-refractivity contribution < 1.29 is 9.53 Å². The van der Waals surface area contributed by atoms with Gasteiger partial charge in [0, 0.05) is 35.6 Å². The van der Waals surface area contributed by atoms with Crippen molar-refractivity contribution in [2.75, 3.05) is 31.6 Å². The largest absolute Gasteiger partial charge is 0.376 e. The summed E-state index contributed by atoms with van der Waals surface area (Å²) in [6.07, 6.45) is 2.68. The zero-order valence-electron chi connectivity index (χ0n) is 13.5. The van der Waals surface area contributed by atoms with Crippen molar-refractivity contribution in [1.82, 2.24) is 9.88 Å². The van der Waals surface area contributed by atoms with E-state index >= 15 is 0 Å². The first-order valence-electron chi connectivity index (χ1n) is 7.92. The van der Waals surface area contributed by atoms with Crippen LogP contribution in [0, 0.1) is 0 Å². The van der Waals surface area contributed by atoms with Crippen LogP contribution < -0.4 is 5.32 Å². The average molecular weight is 366 g/mol. The van der Waals surface area contributed by atoms with E-state index in [9.17, 15) is 4.79 Å². The SMILES string of the molecule is CC1CN(CC(=O)Nc2ncc(Cc3ccccc3Cl)s2)CCO1. The van der Waals surface area contributed by atoms with Crippen LogP contribution in [-0.2, 0) is 16.0 Å². The van der Waals surface area contributed by atoms with Crippen LogP contribution in [0.4, 0.5) is 5.13 Å². The van der Waals surface area contributed by atoms with Gasteiger partial charge in [0.05, 0.1) is 19.3 Å². The molecule has 2 heterocycles. The van der Waals surface area contributed by atoms with Gasteiger partial charge in [-0.1, -0.05) is 29.8 Å². The number of amides is 1. The number of aromatic nitrogens is 1. The molecule has 0 radical (unpaired) electrons. The van der Waals surface area contributed by atoms with E-state index in [1.807, 2.05) is 31.2 Å². The van der Waals surface area contributed by atoms with Crippen LogP contribution in [0.2, 0.25) is 5.02 Å². The van der Waals surface area contributed by atoms with Crippen LogP contribution in [0.5, 0.6) is 0 Å². The van der Waals surface area contributed by atoms with Gasteiger partial charge in [-0.05, 0) is 18.6 Å². The Bertz CT molecular complexity index is 707. The minimum absolute atomic E-state index is 0.0391. The second kappa shape index (κ2) is 8.07. The summed E-state index contributed by atoms with van der Waals surface area (Å²) < 4.78 is 5.48. The van der Waals surface area contributed by atoms with Gasteiger partial charge < -0.3 is 10.1 Å². The van der Waals surface area contributed by atoms with Crippen molar-refractivity contribution in [3.63, 3.8) is 0 Å². The molecule has 1 N–H and O–H groups in total. The molecule has 24 heavy (non-hydrogen) atoms. The van der Waals surface area contributed by atoms with E-state index in [0.29, 0.717) is 24.7 Å². The first kappa shape index (κ1) is 17.4. The maximum Gasteiger partial charge on any atom is 0.240 e. The molecule has 1 aromatic carbocycles. The minimum Gasteiger partial charge on any atom is -0.376 e. The van der Waals surface area contributed by atoms with Crippen molar-refractivity contribution in [3.05, 3.63) is 45.9 Å². The Morgan fingerprint density at radius 3 is 3.12 bits per heavy atom. The number of carbonyl (C=O) groups is 1. The van der Waals surface area contributed by atoms with Gasteiger partial charge in [0.15, 0.2) is 5.13 Å². The Hall–Kier alpha value is -1.47. The normalized spacial score (nSPS) is 18.5. The summed E-state index contributed by atoms with van der Waals surface area (Å²) in [4.78, 5) is 19.6. The molecule has 1 aromatic heterocycles. The predicted octanol–water partition coefficient (Wildman–Crippen LogP) is 3.05. The molecule has 1 aliphatic heterocycles. The predicted molar refractivity (Wildman–Crippen MR) is 96.9 cm³/mol. The molecule has 1 unspecified atom stereocenters. The third-order valence-corrected chi connectivity index (χ3v) is 5.10. The number of rotatable bonds is 5. The van der Waals surface area contributed by atoms with Gasteiger partial charge in [-0.3, -0.25) is 9.69 Å². The molecule has 1 amide bonds. The molecule has 3 rings (SSSR count). The van der Waals surface area contributed by atoms with E-state index in [-0.39, 0.29) is 12.0 Å². The molecule has 0 saturated carbocycles. The zero-order chi connectivity index (χ0) is 16.9. The third kappa shape index (κ3) is 4.77. The molecule has 0 spiro atoms. The number of ether oxygens (including phenoxy) is 1. The number of carbonyl (C=O) groups excluding carboxylic acids is 1. The molecule has 0 bridgehead atoms. The smallest absolute Gasteiger partial charge is 0.240 e. The van der Waals surface area contributed by atoms with Crippen LogP contribution >= 0.6 is 22.9 Å². The van der Waals surface area contributed by atoms with Gasteiger partial charge in [-0.15, -0.1) is 11.3 Å². The lowest BCUT2D eigenvalue weighted by atomic mass is 10.1. The average Bonchev–Trinajstić information content (AvgIpc) is 2.96.